The standard InChI is InChI=1S/C17H19ClN2O/c18-10-3-5-13-6-4-12-20(13)17(21)15-9-11-19-16-8-2-1-7-14(15)16/h1-2,7-9,11,13H,3-6,10,12H2. The molecule has 1 aromatic heterocycles. The summed E-state index contributed by atoms with van der Waals surface area (Å²) in [5.41, 5.74) is 1.64. The number of rotatable bonds is 4. The molecule has 3 nitrogen and oxygen atoms in total. The van der Waals surface area contributed by atoms with E-state index in [4.69, 9.17) is 11.6 Å². The number of pyridine rings is 1. The summed E-state index contributed by atoms with van der Waals surface area (Å²) >= 11 is 5.79. The zero-order valence-electron chi connectivity index (χ0n) is 12.0. The minimum Gasteiger partial charge on any atom is -0.336 e. The molecule has 0 bridgehead atoms. The van der Waals surface area contributed by atoms with Crippen LogP contribution in [0.25, 0.3) is 10.9 Å². The summed E-state index contributed by atoms with van der Waals surface area (Å²) in [7, 11) is 0. The number of benzene rings is 1. The maximum absolute atomic E-state index is 12.9. The highest BCUT2D eigenvalue weighted by atomic mass is 35.5. The van der Waals surface area contributed by atoms with Crippen LogP contribution in [-0.4, -0.2) is 34.3 Å². The van der Waals surface area contributed by atoms with E-state index in [1.807, 2.05) is 35.2 Å². The van der Waals surface area contributed by atoms with E-state index in [9.17, 15) is 4.79 Å². The van der Waals surface area contributed by atoms with Gasteiger partial charge in [-0.15, -0.1) is 11.6 Å². The molecule has 1 fully saturated rings. The van der Waals surface area contributed by atoms with Gasteiger partial charge in [0.25, 0.3) is 5.91 Å². The Kier molecular flexibility index (Phi) is 4.39. The highest BCUT2D eigenvalue weighted by Crippen LogP contribution is 2.26. The van der Waals surface area contributed by atoms with Crippen LogP contribution in [0.5, 0.6) is 0 Å². The van der Waals surface area contributed by atoms with E-state index in [2.05, 4.69) is 4.98 Å². The van der Waals surface area contributed by atoms with Crippen LogP contribution < -0.4 is 0 Å². The largest absolute Gasteiger partial charge is 0.336 e. The minimum absolute atomic E-state index is 0.130. The third-order valence-electron chi connectivity index (χ3n) is 4.19. The monoisotopic (exact) mass is 302 g/mol. The molecule has 0 spiro atoms. The molecule has 1 aliphatic heterocycles. The van der Waals surface area contributed by atoms with Crippen LogP contribution in [0.4, 0.5) is 0 Å². The molecular formula is C17H19ClN2O. The number of alkyl halides is 1. The first-order valence-electron chi connectivity index (χ1n) is 7.52. The van der Waals surface area contributed by atoms with Crippen molar-refractivity contribution in [2.24, 2.45) is 0 Å². The van der Waals surface area contributed by atoms with Gasteiger partial charge in [0, 0.05) is 30.0 Å². The smallest absolute Gasteiger partial charge is 0.254 e. The summed E-state index contributed by atoms with van der Waals surface area (Å²) in [6.45, 7) is 0.850. The van der Waals surface area contributed by atoms with Crippen molar-refractivity contribution in [1.82, 2.24) is 9.88 Å². The van der Waals surface area contributed by atoms with Gasteiger partial charge < -0.3 is 4.90 Å². The van der Waals surface area contributed by atoms with E-state index < -0.39 is 0 Å². The zero-order valence-corrected chi connectivity index (χ0v) is 12.7. The summed E-state index contributed by atoms with van der Waals surface area (Å²) in [5, 5.41) is 0.938. The second-order valence-electron chi connectivity index (χ2n) is 5.50. The second-order valence-corrected chi connectivity index (χ2v) is 5.88. The number of hydrogen-bond acceptors (Lipinski definition) is 2. The molecule has 2 heterocycles. The van der Waals surface area contributed by atoms with Gasteiger partial charge in [-0.3, -0.25) is 9.78 Å². The Balaban J connectivity index is 1.89. The molecule has 0 N–H and O–H groups in total. The van der Waals surface area contributed by atoms with Crippen molar-refractivity contribution in [3.05, 3.63) is 42.1 Å². The normalized spacial score (nSPS) is 18.3. The van der Waals surface area contributed by atoms with Crippen LogP contribution >= 0.6 is 11.6 Å². The van der Waals surface area contributed by atoms with Crippen LogP contribution in [0, 0.1) is 0 Å². The van der Waals surface area contributed by atoms with Gasteiger partial charge in [0.15, 0.2) is 0 Å². The number of likely N-dealkylation sites (tertiary alicyclic amines) is 1. The fourth-order valence-corrected chi connectivity index (χ4v) is 3.31. The summed E-state index contributed by atoms with van der Waals surface area (Å²) in [5.74, 6) is 0.794. The minimum atomic E-state index is 0.130. The van der Waals surface area contributed by atoms with Crippen molar-refractivity contribution >= 4 is 28.4 Å². The number of aromatic nitrogens is 1. The summed E-state index contributed by atoms with van der Waals surface area (Å²) in [6.07, 6.45) is 5.86. The molecule has 1 amide bonds. The molecule has 1 aliphatic rings. The Morgan fingerprint density at radius 1 is 1.33 bits per heavy atom. The van der Waals surface area contributed by atoms with Crippen LogP contribution in [-0.2, 0) is 0 Å². The van der Waals surface area contributed by atoms with Crippen molar-refractivity contribution in [3.8, 4) is 0 Å². The average Bonchev–Trinajstić information content (AvgIpc) is 3.00. The molecular weight excluding hydrogens is 284 g/mol. The van der Waals surface area contributed by atoms with Gasteiger partial charge in [-0.2, -0.15) is 0 Å². The van der Waals surface area contributed by atoms with Gasteiger partial charge in [0.1, 0.15) is 0 Å². The molecule has 110 valence electrons. The van der Waals surface area contributed by atoms with Crippen molar-refractivity contribution in [3.63, 3.8) is 0 Å². The first kappa shape index (κ1) is 14.3. The van der Waals surface area contributed by atoms with Crippen molar-refractivity contribution < 1.29 is 4.79 Å². The number of amides is 1. The van der Waals surface area contributed by atoms with Gasteiger partial charge in [-0.05, 0) is 37.8 Å². The Hall–Kier alpha value is -1.61. The van der Waals surface area contributed by atoms with Gasteiger partial charge in [0.2, 0.25) is 0 Å². The summed E-state index contributed by atoms with van der Waals surface area (Å²) < 4.78 is 0. The van der Waals surface area contributed by atoms with Crippen molar-refractivity contribution in [2.45, 2.75) is 31.7 Å². The third-order valence-corrected chi connectivity index (χ3v) is 4.46. The Labute approximate surface area is 129 Å². The zero-order chi connectivity index (χ0) is 14.7. The number of fused-ring (bicyclic) bond motifs is 1. The second kappa shape index (κ2) is 6.44. The first-order valence-corrected chi connectivity index (χ1v) is 8.05. The fraction of sp³-hybridized carbons (Fsp3) is 0.412. The average molecular weight is 303 g/mol. The quantitative estimate of drug-likeness (QED) is 0.804. The van der Waals surface area contributed by atoms with Crippen molar-refractivity contribution in [1.29, 1.82) is 0 Å². The van der Waals surface area contributed by atoms with Crippen molar-refractivity contribution in [2.75, 3.05) is 12.4 Å². The maximum atomic E-state index is 12.9. The summed E-state index contributed by atoms with van der Waals surface area (Å²) in [6, 6.07) is 9.99. The lowest BCUT2D eigenvalue weighted by molar-refractivity contribution is 0.0732. The number of para-hydroxylation sites is 1. The number of nitrogens with zero attached hydrogens (tertiary/aromatic N) is 2. The first-order chi connectivity index (χ1) is 10.3. The van der Waals surface area contributed by atoms with Gasteiger partial charge in [0.05, 0.1) is 11.1 Å². The van der Waals surface area contributed by atoms with E-state index in [0.29, 0.717) is 11.9 Å². The molecule has 21 heavy (non-hydrogen) atoms. The SMILES string of the molecule is O=C(c1ccnc2ccccc12)N1CCCC1CCCCl. The van der Waals surface area contributed by atoms with E-state index in [-0.39, 0.29) is 5.91 Å². The maximum Gasteiger partial charge on any atom is 0.254 e. The lowest BCUT2D eigenvalue weighted by Crippen LogP contribution is -2.35. The number of carbonyl (C=O) groups is 1. The topological polar surface area (TPSA) is 33.2 Å². The van der Waals surface area contributed by atoms with Crippen LogP contribution in [0.1, 0.15) is 36.0 Å². The lowest BCUT2D eigenvalue weighted by atomic mass is 10.1. The van der Waals surface area contributed by atoms with Gasteiger partial charge in [-0.1, -0.05) is 18.2 Å². The number of carbonyl (C=O) groups excluding carboxylic acids is 1. The van der Waals surface area contributed by atoms with Gasteiger partial charge in [-0.25, -0.2) is 0 Å². The number of hydrogen-bond donors (Lipinski definition) is 0. The molecule has 3 rings (SSSR count). The van der Waals surface area contributed by atoms with E-state index in [1.165, 1.54) is 0 Å². The number of halogens is 1. The molecule has 0 saturated carbocycles. The van der Waals surface area contributed by atoms with Gasteiger partial charge >= 0.3 is 0 Å². The molecule has 0 radical (unpaired) electrons. The fourth-order valence-electron chi connectivity index (χ4n) is 3.15. The highest BCUT2D eigenvalue weighted by molar-refractivity contribution is 6.17. The lowest BCUT2D eigenvalue weighted by Gasteiger charge is -2.25. The molecule has 4 heteroatoms. The summed E-state index contributed by atoms with van der Waals surface area (Å²) in [4.78, 5) is 19.3. The van der Waals surface area contributed by atoms with Crippen LogP contribution in [0.3, 0.4) is 0 Å². The van der Waals surface area contributed by atoms with Crippen LogP contribution in [0.15, 0.2) is 36.5 Å². The Morgan fingerprint density at radius 2 is 2.19 bits per heavy atom. The predicted octanol–water partition coefficient (Wildman–Crippen LogP) is 3.86. The van der Waals surface area contributed by atoms with Crippen LogP contribution in [0.2, 0.25) is 0 Å². The molecule has 1 atom stereocenters. The van der Waals surface area contributed by atoms with E-state index in [1.54, 1.807) is 6.20 Å². The molecule has 2 aromatic rings. The molecule has 1 saturated heterocycles. The molecule has 0 aliphatic carbocycles. The predicted molar refractivity (Wildman–Crippen MR) is 85.8 cm³/mol. The third kappa shape index (κ3) is 2.88. The van der Waals surface area contributed by atoms with E-state index in [0.717, 1.165) is 48.7 Å². The van der Waals surface area contributed by atoms with E-state index >= 15 is 0 Å². The molecule has 1 unspecified atom stereocenters. The molecule has 1 aromatic carbocycles. The Bertz CT molecular complexity index is 638. The highest BCUT2D eigenvalue weighted by Gasteiger charge is 2.29. The Morgan fingerprint density at radius 3 is 3.05 bits per heavy atom.